The first-order valence-electron chi connectivity index (χ1n) is 8.77. The highest BCUT2D eigenvalue weighted by Gasteiger charge is 2.20. The highest BCUT2D eigenvalue weighted by atomic mass is 16.5. The Labute approximate surface area is 147 Å². The van der Waals surface area contributed by atoms with E-state index in [1.54, 1.807) is 4.68 Å². The lowest BCUT2D eigenvalue weighted by Crippen LogP contribution is -2.46. The molecule has 0 N–H and O–H groups in total. The van der Waals surface area contributed by atoms with Crippen molar-refractivity contribution >= 4 is 11.6 Å². The Bertz CT molecular complexity index is 674. The van der Waals surface area contributed by atoms with Crippen molar-refractivity contribution in [2.75, 3.05) is 62.3 Å². The van der Waals surface area contributed by atoms with Crippen molar-refractivity contribution in [1.29, 1.82) is 0 Å². The van der Waals surface area contributed by atoms with Crippen LogP contribution in [0.2, 0.25) is 0 Å². The van der Waals surface area contributed by atoms with Crippen LogP contribution in [0.3, 0.4) is 0 Å². The Morgan fingerprint density at radius 3 is 2.08 bits per heavy atom. The van der Waals surface area contributed by atoms with E-state index >= 15 is 0 Å². The molecule has 0 aliphatic carbocycles. The number of anilines is 2. The molecule has 2 aromatic rings. The fourth-order valence-electron chi connectivity index (χ4n) is 3.28. The lowest BCUT2D eigenvalue weighted by atomic mass is 10.3. The Hall–Kier alpha value is -2.26. The maximum absolute atomic E-state index is 5.38. The first-order chi connectivity index (χ1) is 12.3. The molecule has 25 heavy (non-hydrogen) atoms. The quantitative estimate of drug-likeness (QED) is 0.753. The fraction of sp³-hybridized carbons (Fsp3) is 0.625. The summed E-state index contributed by atoms with van der Waals surface area (Å²) in [4.78, 5) is 6.92. The van der Waals surface area contributed by atoms with Gasteiger partial charge < -0.3 is 14.5 Å². The van der Waals surface area contributed by atoms with Crippen LogP contribution in [0.25, 0.3) is 0 Å². The number of aromatic nitrogens is 5. The molecule has 0 amide bonds. The standard InChI is InChI=1S/C16H24N8O/c1-21-12-14(17-20-21)13-22-4-6-23(7-5-22)15-2-3-16(19-18-15)24-8-10-25-11-9-24/h2-3,12H,4-11,13H2,1H3. The van der Waals surface area contributed by atoms with Crippen LogP contribution in [0, 0.1) is 0 Å². The van der Waals surface area contributed by atoms with Crippen molar-refractivity contribution in [2.45, 2.75) is 6.54 Å². The van der Waals surface area contributed by atoms with Crippen molar-refractivity contribution in [2.24, 2.45) is 7.05 Å². The third-order valence-electron chi connectivity index (χ3n) is 4.70. The van der Waals surface area contributed by atoms with E-state index in [4.69, 9.17) is 4.74 Å². The summed E-state index contributed by atoms with van der Waals surface area (Å²) in [6.45, 7) is 8.02. The molecule has 2 saturated heterocycles. The molecule has 2 aromatic heterocycles. The summed E-state index contributed by atoms with van der Waals surface area (Å²) in [7, 11) is 1.90. The first kappa shape index (κ1) is 16.2. The van der Waals surface area contributed by atoms with Gasteiger partial charge in [-0.1, -0.05) is 5.21 Å². The van der Waals surface area contributed by atoms with Gasteiger partial charge in [-0.3, -0.25) is 9.58 Å². The highest BCUT2D eigenvalue weighted by molar-refractivity contribution is 5.45. The van der Waals surface area contributed by atoms with E-state index in [-0.39, 0.29) is 0 Å². The van der Waals surface area contributed by atoms with E-state index < -0.39 is 0 Å². The van der Waals surface area contributed by atoms with Crippen LogP contribution >= 0.6 is 0 Å². The summed E-state index contributed by atoms with van der Waals surface area (Å²) in [6, 6.07) is 4.15. The number of aryl methyl sites for hydroxylation is 1. The molecule has 0 bridgehead atoms. The molecule has 0 unspecified atom stereocenters. The molecule has 9 nitrogen and oxygen atoms in total. The summed E-state index contributed by atoms with van der Waals surface area (Å²) >= 11 is 0. The predicted molar refractivity (Wildman–Crippen MR) is 93.6 cm³/mol. The number of hydrogen-bond donors (Lipinski definition) is 0. The third-order valence-corrected chi connectivity index (χ3v) is 4.70. The zero-order valence-electron chi connectivity index (χ0n) is 14.6. The van der Waals surface area contributed by atoms with Crippen LogP contribution in [-0.4, -0.2) is 82.6 Å². The molecule has 9 heteroatoms. The van der Waals surface area contributed by atoms with E-state index in [9.17, 15) is 0 Å². The summed E-state index contributed by atoms with van der Waals surface area (Å²) in [5, 5.41) is 17.0. The minimum absolute atomic E-state index is 0.761. The van der Waals surface area contributed by atoms with Gasteiger partial charge in [-0.2, -0.15) is 0 Å². The Morgan fingerprint density at radius 1 is 0.880 bits per heavy atom. The second-order valence-corrected chi connectivity index (χ2v) is 6.50. The Kier molecular flexibility index (Phi) is 4.75. The van der Waals surface area contributed by atoms with E-state index in [1.807, 2.05) is 13.2 Å². The molecule has 0 radical (unpaired) electrons. The molecule has 0 spiro atoms. The van der Waals surface area contributed by atoms with Gasteiger partial charge in [0.1, 0.15) is 0 Å². The first-order valence-corrected chi connectivity index (χ1v) is 8.77. The van der Waals surface area contributed by atoms with E-state index in [1.165, 1.54) is 0 Å². The van der Waals surface area contributed by atoms with Gasteiger partial charge in [-0.15, -0.1) is 15.3 Å². The van der Waals surface area contributed by atoms with Crippen LogP contribution in [0.4, 0.5) is 11.6 Å². The van der Waals surface area contributed by atoms with Gasteiger partial charge >= 0.3 is 0 Å². The maximum atomic E-state index is 5.38. The van der Waals surface area contributed by atoms with Gasteiger partial charge in [0.15, 0.2) is 11.6 Å². The SMILES string of the molecule is Cn1cc(CN2CCN(c3ccc(N4CCOCC4)nn3)CC2)nn1. The molecule has 4 rings (SSSR count). The lowest BCUT2D eigenvalue weighted by molar-refractivity contribution is 0.122. The monoisotopic (exact) mass is 344 g/mol. The van der Waals surface area contributed by atoms with Crippen molar-refractivity contribution < 1.29 is 4.74 Å². The average Bonchev–Trinajstić information content (AvgIpc) is 3.08. The van der Waals surface area contributed by atoms with Crippen LogP contribution in [0.15, 0.2) is 18.3 Å². The number of piperazine rings is 1. The summed E-state index contributed by atoms with van der Waals surface area (Å²) in [5.74, 6) is 1.89. The zero-order chi connectivity index (χ0) is 17.1. The molecule has 4 heterocycles. The van der Waals surface area contributed by atoms with Gasteiger partial charge in [0.05, 0.1) is 18.9 Å². The van der Waals surface area contributed by atoms with Crippen LogP contribution in [0.1, 0.15) is 5.69 Å². The summed E-state index contributed by atoms with van der Waals surface area (Å²) < 4.78 is 7.13. The average molecular weight is 344 g/mol. The third kappa shape index (κ3) is 3.88. The van der Waals surface area contributed by atoms with Gasteiger partial charge in [0.2, 0.25) is 0 Å². The number of hydrogen-bond acceptors (Lipinski definition) is 8. The molecule has 0 aromatic carbocycles. The molecule has 2 aliphatic heterocycles. The second-order valence-electron chi connectivity index (χ2n) is 6.50. The van der Waals surface area contributed by atoms with Gasteiger partial charge in [0.25, 0.3) is 0 Å². The van der Waals surface area contributed by atoms with Gasteiger partial charge in [0, 0.05) is 59.1 Å². The molecular weight excluding hydrogens is 320 g/mol. The van der Waals surface area contributed by atoms with E-state index in [0.29, 0.717) is 0 Å². The predicted octanol–water partition coefficient (Wildman–Crippen LogP) is -0.236. The molecule has 0 atom stereocenters. The van der Waals surface area contributed by atoms with Gasteiger partial charge in [-0.05, 0) is 12.1 Å². The summed E-state index contributed by atoms with van der Waals surface area (Å²) in [6.07, 6.45) is 1.97. The normalized spacial score (nSPS) is 19.4. The fourth-order valence-corrected chi connectivity index (χ4v) is 3.28. The number of nitrogens with zero attached hydrogens (tertiary/aromatic N) is 8. The van der Waals surface area contributed by atoms with Gasteiger partial charge in [-0.25, -0.2) is 0 Å². The molecule has 2 aliphatic rings. The second kappa shape index (κ2) is 7.32. The summed E-state index contributed by atoms with van der Waals surface area (Å²) in [5.41, 5.74) is 1.02. The Balaban J connectivity index is 1.31. The van der Waals surface area contributed by atoms with Crippen molar-refractivity contribution in [3.05, 3.63) is 24.0 Å². The van der Waals surface area contributed by atoms with Crippen LogP contribution in [-0.2, 0) is 18.3 Å². The van der Waals surface area contributed by atoms with Crippen LogP contribution < -0.4 is 9.80 Å². The smallest absolute Gasteiger partial charge is 0.151 e. The largest absolute Gasteiger partial charge is 0.378 e. The van der Waals surface area contributed by atoms with E-state index in [0.717, 1.165) is 76.4 Å². The van der Waals surface area contributed by atoms with Crippen molar-refractivity contribution in [3.8, 4) is 0 Å². The maximum Gasteiger partial charge on any atom is 0.151 e. The minimum Gasteiger partial charge on any atom is -0.378 e. The number of ether oxygens (including phenoxy) is 1. The lowest BCUT2D eigenvalue weighted by Gasteiger charge is -2.35. The van der Waals surface area contributed by atoms with E-state index in [2.05, 4.69) is 47.3 Å². The zero-order valence-corrected chi connectivity index (χ0v) is 14.6. The Morgan fingerprint density at radius 2 is 1.52 bits per heavy atom. The number of morpholine rings is 1. The minimum atomic E-state index is 0.761. The molecule has 0 saturated carbocycles. The van der Waals surface area contributed by atoms with Crippen LogP contribution in [0.5, 0.6) is 0 Å². The number of rotatable bonds is 4. The molecule has 134 valence electrons. The van der Waals surface area contributed by atoms with Crippen molar-refractivity contribution in [1.82, 2.24) is 30.1 Å². The topological polar surface area (TPSA) is 75.4 Å². The highest BCUT2D eigenvalue weighted by Crippen LogP contribution is 2.17. The van der Waals surface area contributed by atoms with Crippen molar-refractivity contribution in [3.63, 3.8) is 0 Å². The molecular formula is C16H24N8O. The molecule has 2 fully saturated rings.